The number of ether oxygens (including phenoxy) is 2. The summed E-state index contributed by atoms with van der Waals surface area (Å²) < 4.78 is 11.8. The highest BCUT2D eigenvalue weighted by atomic mass is 16.5. The maximum Gasteiger partial charge on any atom is 0.302 e. The zero-order chi connectivity index (χ0) is 19.2. The predicted octanol–water partition coefficient (Wildman–Crippen LogP) is 4.81. The number of carbonyl (C=O) groups is 2. The van der Waals surface area contributed by atoms with Crippen molar-refractivity contribution in [1.29, 1.82) is 0 Å². The van der Waals surface area contributed by atoms with Crippen molar-refractivity contribution < 1.29 is 19.1 Å². The fourth-order valence-electron chi connectivity index (χ4n) is 7.36. The average Bonchev–Trinajstić information content (AvgIpc) is 2.99. The first-order valence-corrected chi connectivity index (χ1v) is 11.0. The van der Waals surface area contributed by atoms with E-state index in [0.29, 0.717) is 23.7 Å². The lowest BCUT2D eigenvalue weighted by Gasteiger charge is -2.56. The van der Waals surface area contributed by atoms with Crippen LogP contribution in [0.5, 0.6) is 0 Å². The van der Waals surface area contributed by atoms with E-state index in [0.717, 1.165) is 25.7 Å². The molecule has 27 heavy (non-hydrogen) atoms. The third kappa shape index (κ3) is 3.13. The summed E-state index contributed by atoms with van der Waals surface area (Å²) in [6, 6.07) is 0. The molecule has 3 saturated carbocycles. The Bertz CT molecular complexity index is 638. The highest BCUT2D eigenvalue weighted by Crippen LogP contribution is 2.64. The van der Waals surface area contributed by atoms with Crippen molar-refractivity contribution >= 4 is 11.9 Å². The third-order valence-corrected chi connectivity index (χ3v) is 8.20. The van der Waals surface area contributed by atoms with Crippen molar-refractivity contribution in [2.24, 2.45) is 29.1 Å². The Labute approximate surface area is 163 Å². The van der Waals surface area contributed by atoms with Crippen molar-refractivity contribution in [2.75, 3.05) is 0 Å². The zero-order valence-corrected chi connectivity index (χ0v) is 17.0. The summed E-state index contributed by atoms with van der Waals surface area (Å²) in [6.45, 7) is 5.28. The van der Waals surface area contributed by atoms with E-state index in [-0.39, 0.29) is 29.6 Å². The summed E-state index contributed by atoms with van der Waals surface area (Å²) >= 11 is 0. The molecular formula is C23H34O4. The average molecular weight is 375 g/mol. The summed E-state index contributed by atoms with van der Waals surface area (Å²) in [6.07, 6.45) is 12.6. The van der Waals surface area contributed by atoms with Gasteiger partial charge in [0.25, 0.3) is 0 Å². The summed E-state index contributed by atoms with van der Waals surface area (Å²) in [5.41, 5.74) is 1.55. The Morgan fingerprint density at radius 3 is 2.56 bits per heavy atom. The van der Waals surface area contributed by atoms with Crippen LogP contribution in [0.1, 0.15) is 78.6 Å². The molecule has 0 aliphatic heterocycles. The Morgan fingerprint density at radius 1 is 1.07 bits per heavy atom. The maximum absolute atomic E-state index is 12.0. The number of carbonyl (C=O) groups excluding carboxylic acids is 2. The first kappa shape index (κ1) is 19.0. The molecule has 0 aromatic heterocycles. The van der Waals surface area contributed by atoms with Crippen LogP contribution in [-0.4, -0.2) is 24.1 Å². The lowest BCUT2D eigenvalue weighted by molar-refractivity contribution is -0.176. The van der Waals surface area contributed by atoms with E-state index in [1.54, 1.807) is 5.57 Å². The molecule has 3 fully saturated rings. The Kier molecular flexibility index (Phi) is 5.11. The Hall–Kier alpha value is -1.32. The lowest BCUT2D eigenvalue weighted by atomic mass is 9.51. The van der Waals surface area contributed by atoms with Gasteiger partial charge < -0.3 is 9.47 Å². The summed E-state index contributed by atoms with van der Waals surface area (Å²) in [7, 11) is 0. The highest BCUT2D eigenvalue weighted by molar-refractivity contribution is 5.66. The number of rotatable bonds is 3. The van der Waals surface area contributed by atoms with Crippen LogP contribution in [0.2, 0.25) is 0 Å². The van der Waals surface area contributed by atoms with Crippen molar-refractivity contribution in [3.8, 4) is 0 Å². The normalized spacial score (nSPS) is 43.0. The van der Waals surface area contributed by atoms with Crippen molar-refractivity contribution in [3.05, 3.63) is 11.6 Å². The van der Waals surface area contributed by atoms with Crippen LogP contribution in [0.25, 0.3) is 0 Å². The molecule has 0 amide bonds. The van der Waals surface area contributed by atoms with Crippen molar-refractivity contribution in [1.82, 2.24) is 0 Å². The molecule has 0 N–H and O–H groups in total. The Balaban J connectivity index is 1.72. The van der Waals surface area contributed by atoms with Gasteiger partial charge >= 0.3 is 11.9 Å². The van der Waals surface area contributed by atoms with E-state index in [2.05, 4.69) is 13.0 Å². The van der Waals surface area contributed by atoms with Crippen LogP contribution >= 0.6 is 0 Å². The minimum absolute atomic E-state index is 0.0259. The third-order valence-electron chi connectivity index (χ3n) is 8.20. The number of fused-ring (bicyclic) bond motifs is 5. The zero-order valence-electron chi connectivity index (χ0n) is 17.0. The summed E-state index contributed by atoms with van der Waals surface area (Å²) in [5, 5.41) is 0. The smallest absolute Gasteiger partial charge is 0.302 e. The number of hydrogen-bond acceptors (Lipinski definition) is 4. The van der Waals surface area contributed by atoms with Crippen LogP contribution < -0.4 is 0 Å². The minimum Gasteiger partial charge on any atom is -0.462 e. The molecule has 0 bridgehead atoms. The predicted molar refractivity (Wildman–Crippen MR) is 103 cm³/mol. The highest BCUT2D eigenvalue weighted by Gasteiger charge is 2.62. The summed E-state index contributed by atoms with van der Waals surface area (Å²) in [4.78, 5) is 23.7. The summed E-state index contributed by atoms with van der Waals surface area (Å²) in [5.74, 6) is 1.85. The fourth-order valence-corrected chi connectivity index (χ4v) is 7.36. The molecule has 7 atom stereocenters. The fraction of sp³-hybridized carbons (Fsp3) is 0.826. The van der Waals surface area contributed by atoms with E-state index in [1.165, 1.54) is 46.0 Å². The molecule has 7 unspecified atom stereocenters. The second kappa shape index (κ2) is 7.25. The topological polar surface area (TPSA) is 52.6 Å². The van der Waals surface area contributed by atoms with Gasteiger partial charge in [-0.1, -0.05) is 18.6 Å². The molecule has 0 heterocycles. The first-order valence-electron chi connectivity index (χ1n) is 11.0. The largest absolute Gasteiger partial charge is 0.462 e. The SMILES string of the molecule is CCC12CC(OC(C)=O)C3C4=CCCCC4CCC3C1CCC2OC(C)=O. The van der Waals surface area contributed by atoms with Gasteiger partial charge in [-0.2, -0.15) is 0 Å². The van der Waals surface area contributed by atoms with Crippen LogP contribution in [-0.2, 0) is 19.1 Å². The van der Waals surface area contributed by atoms with Crippen LogP contribution in [0.3, 0.4) is 0 Å². The molecule has 150 valence electrons. The molecule has 4 nitrogen and oxygen atoms in total. The second-order valence-electron chi connectivity index (χ2n) is 9.32. The van der Waals surface area contributed by atoms with Gasteiger partial charge in [-0.3, -0.25) is 9.59 Å². The molecule has 4 heteroatoms. The quantitative estimate of drug-likeness (QED) is 0.525. The maximum atomic E-state index is 12.0. The molecule has 0 spiro atoms. The molecule has 0 aromatic rings. The lowest BCUT2D eigenvalue weighted by Crippen LogP contribution is -2.55. The van der Waals surface area contributed by atoms with E-state index >= 15 is 0 Å². The van der Waals surface area contributed by atoms with Crippen molar-refractivity contribution in [2.45, 2.75) is 90.8 Å². The van der Waals surface area contributed by atoms with Gasteiger partial charge in [0.2, 0.25) is 0 Å². The monoisotopic (exact) mass is 374 g/mol. The van der Waals surface area contributed by atoms with Gasteiger partial charge in [0.05, 0.1) is 0 Å². The molecule has 0 radical (unpaired) electrons. The van der Waals surface area contributed by atoms with Gasteiger partial charge in [-0.15, -0.1) is 0 Å². The van der Waals surface area contributed by atoms with Gasteiger partial charge in [0.15, 0.2) is 0 Å². The van der Waals surface area contributed by atoms with Gasteiger partial charge in [0.1, 0.15) is 12.2 Å². The van der Waals surface area contributed by atoms with E-state index in [9.17, 15) is 9.59 Å². The molecule has 0 saturated heterocycles. The van der Waals surface area contributed by atoms with E-state index in [4.69, 9.17) is 9.47 Å². The molecule has 0 aromatic carbocycles. The second-order valence-corrected chi connectivity index (χ2v) is 9.32. The van der Waals surface area contributed by atoms with E-state index in [1.807, 2.05) is 0 Å². The Morgan fingerprint density at radius 2 is 1.85 bits per heavy atom. The number of esters is 2. The van der Waals surface area contributed by atoms with Crippen LogP contribution in [0, 0.1) is 29.1 Å². The van der Waals surface area contributed by atoms with Gasteiger partial charge in [-0.25, -0.2) is 0 Å². The van der Waals surface area contributed by atoms with Crippen LogP contribution in [0.4, 0.5) is 0 Å². The standard InChI is InChI=1S/C23H34O4/c1-4-23-13-20(26-14(2)24)22-17-8-6-5-7-16(17)9-10-18(22)19(23)11-12-21(23)27-15(3)25/h8,16,18-22H,4-7,9-13H2,1-3H3. The first-order chi connectivity index (χ1) is 13.0. The minimum atomic E-state index is -0.182. The van der Waals surface area contributed by atoms with E-state index < -0.39 is 0 Å². The van der Waals surface area contributed by atoms with Crippen LogP contribution in [0.15, 0.2) is 11.6 Å². The molecular weight excluding hydrogens is 340 g/mol. The molecule has 4 rings (SSSR count). The number of allylic oxidation sites excluding steroid dienone is 1. The molecule has 4 aliphatic rings. The molecule has 4 aliphatic carbocycles. The van der Waals surface area contributed by atoms with Crippen molar-refractivity contribution in [3.63, 3.8) is 0 Å². The van der Waals surface area contributed by atoms with Gasteiger partial charge in [0, 0.05) is 25.2 Å². The van der Waals surface area contributed by atoms with Gasteiger partial charge in [-0.05, 0) is 75.5 Å². The number of hydrogen-bond donors (Lipinski definition) is 0.